The fourth-order valence-electron chi connectivity index (χ4n) is 3.33. The third kappa shape index (κ3) is 5.21. The van der Waals surface area contributed by atoms with E-state index < -0.39 is 0 Å². The van der Waals surface area contributed by atoms with Crippen LogP contribution in [0.5, 0.6) is 0 Å². The molecule has 1 heterocycles. The van der Waals surface area contributed by atoms with Crippen LogP contribution in [0.15, 0.2) is 53.0 Å². The minimum absolute atomic E-state index is 0.0518. The zero-order valence-electron chi connectivity index (χ0n) is 16.3. The van der Waals surface area contributed by atoms with Crippen LogP contribution < -0.4 is 15.5 Å². The molecule has 1 atom stereocenters. The van der Waals surface area contributed by atoms with Gasteiger partial charge in [-0.15, -0.1) is 0 Å². The second kappa shape index (κ2) is 9.19. The van der Waals surface area contributed by atoms with E-state index in [1.807, 2.05) is 43.3 Å². The molecule has 0 saturated carbocycles. The SMILES string of the molecule is CC1CC(=O)Nc2ccccc2N1C(=O)CN(C)CC(=O)Nc1ccccc1Br. The number of carbonyl (C=O) groups is 3. The lowest BCUT2D eigenvalue weighted by molar-refractivity contribution is -0.121. The largest absolute Gasteiger partial charge is 0.324 e. The van der Waals surface area contributed by atoms with Gasteiger partial charge in [0.05, 0.1) is 30.2 Å². The molecule has 152 valence electrons. The lowest BCUT2D eigenvalue weighted by Crippen LogP contribution is -2.45. The summed E-state index contributed by atoms with van der Waals surface area (Å²) in [6, 6.07) is 14.3. The van der Waals surface area contributed by atoms with Crippen LogP contribution in [0.3, 0.4) is 0 Å². The average molecular weight is 459 g/mol. The van der Waals surface area contributed by atoms with Gasteiger partial charge < -0.3 is 15.5 Å². The number of carbonyl (C=O) groups excluding carboxylic acids is 3. The number of nitrogens with zero attached hydrogens (tertiary/aromatic N) is 2. The molecular formula is C21H23BrN4O3. The number of likely N-dealkylation sites (N-methyl/N-ethyl adjacent to an activating group) is 1. The second-order valence-corrected chi connectivity index (χ2v) is 7.94. The van der Waals surface area contributed by atoms with Gasteiger partial charge in [0.25, 0.3) is 0 Å². The van der Waals surface area contributed by atoms with Crippen molar-refractivity contribution in [2.45, 2.75) is 19.4 Å². The van der Waals surface area contributed by atoms with Crippen molar-refractivity contribution in [3.8, 4) is 0 Å². The van der Waals surface area contributed by atoms with E-state index >= 15 is 0 Å². The zero-order valence-corrected chi connectivity index (χ0v) is 17.9. The monoisotopic (exact) mass is 458 g/mol. The van der Waals surface area contributed by atoms with Crippen LogP contribution in [0.25, 0.3) is 0 Å². The van der Waals surface area contributed by atoms with Crippen molar-refractivity contribution in [2.75, 3.05) is 35.7 Å². The van der Waals surface area contributed by atoms with E-state index in [-0.39, 0.29) is 43.3 Å². The van der Waals surface area contributed by atoms with E-state index in [4.69, 9.17) is 0 Å². The molecule has 0 radical (unpaired) electrons. The molecule has 8 heteroatoms. The first-order valence-electron chi connectivity index (χ1n) is 9.29. The Morgan fingerprint density at radius 2 is 1.86 bits per heavy atom. The first-order valence-corrected chi connectivity index (χ1v) is 10.1. The molecule has 3 amide bonds. The lowest BCUT2D eigenvalue weighted by atomic mass is 10.1. The van der Waals surface area contributed by atoms with Gasteiger partial charge in [0.15, 0.2) is 0 Å². The van der Waals surface area contributed by atoms with Crippen LogP contribution in [0.4, 0.5) is 17.1 Å². The minimum atomic E-state index is -0.284. The molecule has 2 N–H and O–H groups in total. The summed E-state index contributed by atoms with van der Waals surface area (Å²) in [5.74, 6) is -0.507. The molecule has 7 nitrogen and oxygen atoms in total. The fraction of sp³-hybridized carbons (Fsp3) is 0.286. The Kier molecular flexibility index (Phi) is 6.66. The average Bonchev–Trinajstić information content (AvgIpc) is 2.77. The summed E-state index contributed by atoms with van der Waals surface area (Å²) in [4.78, 5) is 40.7. The molecule has 0 saturated heterocycles. The van der Waals surface area contributed by atoms with Gasteiger partial charge in [0, 0.05) is 16.9 Å². The number of amides is 3. The molecule has 0 spiro atoms. The summed E-state index contributed by atoms with van der Waals surface area (Å²) in [6.45, 7) is 1.96. The maximum atomic E-state index is 13.0. The summed E-state index contributed by atoms with van der Waals surface area (Å²) >= 11 is 3.40. The Morgan fingerprint density at radius 3 is 2.62 bits per heavy atom. The molecule has 3 rings (SSSR count). The third-order valence-electron chi connectivity index (χ3n) is 4.59. The zero-order chi connectivity index (χ0) is 21.0. The smallest absolute Gasteiger partial charge is 0.241 e. The highest BCUT2D eigenvalue weighted by atomic mass is 79.9. The van der Waals surface area contributed by atoms with Crippen molar-refractivity contribution in [1.82, 2.24) is 4.90 Å². The Bertz CT molecular complexity index is 934. The number of halogens is 1. The predicted molar refractivity (Wildman–Crippen MR) is 117 cm³/mol. The van der Waals surface area contributed by atoms with Crippen molar-refractivity contribution in [3.05, 3.63) is 53.0 Å². The topological polar surface area (TPSA) is 81.8 Å². The van der Waals surface area contributed by atoms with Crippen LogP contribution in [0.1, 0.15) is 13.3 Å². The molecular weight excluding hydrogens is 436 g/mol. The van der Waals surface area contributed by atoms with Gasteiger partial charge in [-0.3, -0.25) is 19.3 Å². The molecule has 0 aromatic heterocycles. The van der Waals surface area contributed by atoms with Gasteiger partial charge in [-0.25, -0.2) is 0 Å². The lowest BCUT2D eigenvalue weighted by Gasteiger charge is -2.29. The quantitative estimate of drug-likeness (QED) is 0.720. The van der Waals surface area contributed by atoms with Crippen molar-refractivity contribution in [3.63, 3.8) is 0 Å². The van der Waals surface area contributed by atoms with Crippen LogP contribution in [-0.4, -0.2) is 48.8 Å². The second-order valence-electron chi connectivity index (χ2n) is 7.08. The van der Waals surface area contributed by atoms with Crippen molar-refractivity contribution in [2.24, 2.45) is 0 Å². The van der Waals surface area contributed by atoms with E-state index in [9.17, 15) is 14.4 Å². The molecule has 2 aromatic carbocycles. The van der Waals surface area contributed by atoms with E-state index in [0.717, 1.165) is 4.47 Å². The molecule has 1 aliphatic rings. The summed E-state index contributed by atoms with van der Waals surface area (Å²) < 4.78 is 0.791. The summed E-state index contributed by atoms with van der Waals surface area (Å²) in [7, 11) is 1.72. The Labute approximate surface area is 178 Å². The van der Waals surface area contributed by atoms with Crippen molar-refractivity contribution in [1.29, 1.82) is 0 Å². The van der Waals surface area contributed by atoms with Crippen LogP contribution in [0.2, 0.25) is 0 Å². The highest BCUT2D eigenvalue weighted by Crippen LogP contribution is 2.31. The molecule has 1 aliphatic heterocycles. The van der Waals surface area contributed by atoms with E-state index in [1.165, 1.54) is 0 Å². The van der Waals surface area contributed by atoms with Gasteiger partial charge >= 0.3 is 0 Å². The number of anilines is 3. The number of hydrogen-bond donors (Lipinski definition) is 2. The first kappa shape index (κ1) is 21.0. The summed E-state index contributed by atoms with van der Waals surface area (Å²) in [5.41, 5.74) is 1.96. The number of fused-ring (bicyclic) bond motifs is 1. The number of rotatable bonds is 5. The first-order chi connectivity index (χ1) is 13.8. The van der Waals surface area contributed by atoms with Gasteiger partial charge in [-0.1, -0.05) is 24.3 Å². The van der Waals surface area contributed by atoms with E-state index in [0.29, 0.717) is 17.1 Å². The Morgan fingerprint density at radius 1 is 1.17 bits per heavy atom. The molecule has 29 heavy (non-hydrogen) atoms. The molecule has 0 fully saturated rings. The number of hydrogen-bond acceptors (Lipinski definition) is 4. The van der Waals surface area contributed by atoms with Gasteiger partial charge in [-0.2, -0.15) is 0 Å². The Balaban J connectivity index is 1.66. The molecule has 1 unspecified atom stereocenters. The minimum Gasteiger partial charge on any atom is -0.324 e. The highest BCUT2D eigenvalue weighted by Gasteiger charge is 2.30. The van der Waals surface area contributed by atoms with Crippen LogP contribution >= 0.6 is 15.9 Å². The standard InChI is InChI=1S/C21H23BrN4O3/c1-14-11-19(27)24-17-9-5-6-10-18(17)26(14)21(29)13-25(2)12-20(28)23-16-8-4-3-7-15(16)22/h3-10,14H,11-13H2,1-2H3,(H,23,28)(H,24,27). The van der Waals surface area contributed by atoms with Crippen molar-refractivity contribution < 1.29 is 14.4 Å². The summed E-state index contributed by atoms with van der Waals surface area (Å²) in [6.07, 6.45) is 0.215. The van der Waals surface area contributed by atoms with Crippen LogP contribution in [-0.2, 0) is 14.4 Å². The fourth-order valence-corrected chi connectivity index (χ4v) is 3.71. The van der Waals surface area contributed by atoms with Gasteiger partial charge in [0.2, 0.25) is 17.7 Å². The Hall–Kier alpha value is -2.71. The van der Waals surface area contributed by atoms with Gasteiger partial charge in [-0.05, 0) is 54.2 Å². The number of benzene rings is 2. The molecule has 0 bridgehead atoms. The molecule has 2 aromatic rings. The molecule has 0 aliphatic carbocycles. The van der Waals surface area contributed by atoms with Crippen LogP contribution in [0, 0.1) is 0 Å². The maximum absolute atomic E-state index is 13.0. The van der Waals surface area contributed by atoms with E-state index in [1.54, 1.807) is 29.0 Å². The maximum Gasteiger partial charge on any atom is 0.241 e. The van der Waals surface area contributed by atoms with E-state index in [2.05, 4.69) is 26.6 Å². The van der Waals surface area contributed by atoms with Gasteiger partial charge in [0.1, 0.15) is 0 Å². The normalized spacial score (nSPS) is 16.1. The summed E-state index contributed by atoms with van der Waals surface area (Å²) in [5, 5.41) is 5.67. The highest BCUT2D eigenvalue weighted by molar-refractivity contribution is 9.10. The van der Waals surface area contributed by atoms with Crippen molar-refractivity contribution >= 4 is 50.7 Å². The number of nitrogens with one attached hydrogen (secondary N) is 2. The third-order valence-corrected chi connectivity index (χ3v) is 5.29. The number of para-hydroxylation sites is 3. The predicted octanol–water partition coefficient (Wildman–Crippen LogP) is 3.08.